The first-order chi connectivity index (χ1) is 19.4. The summed E-state index contributed by atoms with van der Waals surface area (Å²) in [6, 6.07) is 20.5. The van der Waals surface area contributed by atoms with Crippen LogP contribution in [0, 0.1) is 12.8 Å². The molecule has 0 radical (unpaired) electrons. The van der Waals surface area contributed by atoms with Crippen LogP contribution in [0.1, 0.15) is 27.5 Å². The monoisotopic (exact) mass is 574 g/mol. The van der Waals surface area contributed by atoms with Gasteiger partial charge in [-0.15, -0.1) is 0 Å². The van der Waals surface area contributed by atoms with Crippen molar-refractivity contribution in [3.05, 3.63) is 98.0 Å². The molecule has 0 saturated carbocycles. The predicted molar refractivity (Wildman–Crippen MR) is 154 cm³/mol. The summed E-state index contributed by atoms with van der Waals surface area (Å²) in [7, 11) is 3.12. The van der Waals surface area contributed by atoms with Crippen LogP contribution in [0.5, 0.6) is 17.2 Å². The summed E-state index contributed by atoms with van der Waals surface area (Å²) >= 11 is 2.32. The van der Waals surface area contributed by atoms with Crippen molar-refractivity contribution in [3.8, 4) is 17.2 Å². The summed E-state index contributed by atoms with van der Waals surface area (Å²) in [5, 5.41) is -0.0570. The highest BCUT2D eigenvalue weighted by Gasteiger charge is 2.56. The fraction of sp³-hybridized carbons (Fsp3) is 0.233. The molecule has 0 bridgehead atoms. The average molecular weight is 575 g/mol. The Morgan fingerprint density at radius 2 is 1.62 bits per heavy atom. The number of benzene rings is 3. The molecule has 204 valence electrons. The molecule has 4 aromatic rings. The first-order valence-corrected chi connectivity index (χ1v) is 14.4. The van der Waals surface area contributed by atoms with Crippen molar-refractivity contribution < 1.29 is 23.8 Å². The van der Waals surface area contributed by atoms with Gasteiger partial charge in [-0.25, -0.2) is 4.90 Å². The van der Waals surface area contributed by atoms with E-state index < -0.39 is 17.1 Å². The van der Waals surface area contributed by atoms with E-state index in [1.165, 1.54) is 22.2 Å². The average Bonchev–Trinajstić information content (AvgIpc) is 3.46. The number of thiazole rings is 1. The molecule has 0 aliphatic carbocycles. The van der Waals surface area contributed by atoms with Gasteiger partial charge in [-0.05, 0) is 54.4 Å². The Kier molecular flexibility index (Phi) is 6.89. The van der Waals surface area contributed by atoms with E-state index in [9.17, 15) is 14.4 Å². The van der Waals surface area contributed by atoms with Crippen LogP contribution in [0.15, 0.2) is 76.6 Å². The van der Waals surface area contributed by atoms with Gasteiger partial charge in [0, 0.05) is 10.8 Å². The molecular weight excluding hydrogens is 548 g/mol. The molecule has 1 saturated heterocycles. The Morgan fingerprint density at radius 3 is 2.33 bits per heavy atom. The number of aromatic amines is 1. The number of methoxy groups -OCH3 is 2. The Labute approximate surface area is 238 Å². The molecule has 6 rings (SSSR count). The van der Waals surface area contributed by atoms with E-state index >= 15 is 0 Å². The van der Waals surface area contributed by atoms with E-state index in [4.69, 9.17) is 14.2 Å². The number of nitrogens with one attached hydrogen (secondary N) is 1. The van der Waals surface area contributed by atoms with E-state index in [0.717, 1.165) is 27.3 Å². The minimum Gasteiger partial charge on any atom is -0.497 e. The number of carbonyl (C=O) groups excluding carboxylic acids is 2. The smallest absolute Gasteiger partial charge is 0.305 e. The lowest BCUT2D eigenvalue weighted by molar-refractivity contribution is -0.122. The molecule has 40 heavy (non-hydrogen) atoms. The maximum atomic E-state index is 13.9. The quantitative estimate of drug-likeness (QED) is 0.306. The highest BCUT2D eigenvalue weighted by molar-refractivity contribution is 8.00. The minimum atomic E-state index is -0.692. The fourth-order valence-corrected chi connectivity index (χ4v) is 7.72. The van der Waals surface area contributed by atoms with Crippen molar-refractivity contribution in [3.63, 3.8) is 0 Å². The third-order valence-corrected chi connectivity index (χ3v) is 9.62. The number of anilines is 1. The summed E-state index contributed by atoms with van der Waals surface area (Å²) in [4.78, 5) is 44.6. The van der Waals surface area contributed by atoms with Crippen molar-refractivity contribution in [2.45, 2.75) is 29.7 Å². The summed E-state index contributed by atoms with van der Waals surface area (Å²) in [6.07, 6.45) is 0. The maximum Gasteiger partial charge on any atom is 0.305 e. The van der Waals surface area contributed by atoms with Crippen LogP contribution in [0.3, 0.4) is 0 Å². The molecule has 3 unspecified atom stereocenters. The molecule has 3 atom stereocenters. The topological polar surface area (TPSA) is 97.9 Å². The molecule has 1 aromatic heterocycles. The van der Waals surface area contributed by atoms with Crippen LogP contribution in [0.2, 0.25) is 0 Å². The molecule has 3 aromatic carbocycles. The van der Waals surface area contributed by atoms with E-state index in [1.807, 2.05) is 49.4 Å². The summed E-state index contributed by atoms with van der Waals surface area (Å²) in [6.45, 7) is 2.40. The van der Waals surface area contributed by atoms with Gasteiger partial charge < -0.3 is 19.2 Å². The number of imide groups is 1. The number of amides is 2. The number of ether oxygens (including phenoxy) is 3. The van der Waals surface area contributed by atoms with E-state index in [-0.39, 0.29) is 16.7 Å². The number of carbonyl (C=O) groups is 2. The predicted octanol–water partition coefficient (Wildman–Crippen LogP) is 5.14. The molecule has 3 heterocycles. The molecule has 2 aliphatic rings. The molecule has 1 fully saturated rings. The summed E-state index contributed by atoms with van der Waals surface area (Å²) < 4.78 is 17.0. The lowest BCUT2D eigenvalue weighted by Crippen LogP contribution is -2.32. The van der Waals surface area contributed by atoms with Gasteiger partial charge in [-0.1, -0.05) is 59.0 Å². The van der Waals surface area contributed by atoms with E-state index in [0.29, 0.717) is 34.6 Å². The molecule has 10 heteroatoms. The largest absolute Gasteiger partial charge is 0.497 e. The number of hydrogen-bond donors (Lipinski definition) is 1. The standard InChI is InChI=1S/C30H26N2O6S2/c1-16-4-6-17(7-5-16)15-38-21-13-8-18(14-22(21)37-3)23-24-26(39-27-25(23)40-30(35)31-27)29(34)32(28(24)33)19-9-11-20(36-2)12-10-19/h4-14,23-24,26H,15H2,1-3H3,(H,31,35). The third-order valence-electron chi connectivity index (χ3n) is 7.22. The summed E-state index contributed by atoms with van der Waals surface area (Å²) in [5.74, 6) is -0.116. The second kappa shape index (κ2) is 10.5. The minimum absolute atomic E-state index is 0.223. The number of rotatable bonds is 7. The van der Waals surface area contributed by atoms with Crippen LogP contribution in [-0.4, -0.2) is 36.3 Å². The number of aromatic nitrogens is 1. The van der Waals surface area contributed by atoms with Crippen LogP contribution >= 0.6 is 23.1 Å². The third kappa shape index (κ3) is 4.56. The highest BCUT2D eigenvalue weighted by atomic mass is 32.2. The number of H-pyrrole nitrogens is 1. The Bertz CT molecular complexity index is 1640. The lowest BCUT2D eigenvalue weighted by atomic mass is 9.83. The Morgan fingerprint density at radius 1 is 0.875 bits per heavy atom. The van der Waals surface area contributed by atoms with Gasteiger partial charge in [0.15, 0.2) is 11.5 Å². The Hall–Kier alpha value is -4.02. The molecular formula is C30H26N2O6S2. The first-order valence-electron chi connectivity index (χ1n) is 12.7. The molecule has 0 spiro atoms. The second-order valence-electron chi connectivity index (χ2n) is 9.64. The Balaban J connectivity index is 1.36. The van der Waals surface area contributed by atoms with Gasteiger partial charge >= 0.3 is 4.87 Å². The van der Waals surface area contributed by atoms with Gasteiger partial charge in [0.1, 0.15) is 17.6 Å². The number of aryl methyl sites for hydroxylation is 1. The summed E-state index contributed by atoms with van der Waals surface area (Å²) in [5.41, 5.74) is 3.45. The van der Waals surface area contributed by atoms with Gasteiger partial charge in [0.2, 0.25) is 11.8 Å². The number of nitrogens with zero attached hydrogens (tertiary/aromatic N) is 1. The van der Waals surface area contributed by atoms with Crippen molar-refractivity contribution >= 4 is 40.6 Å². The molecule has 1 N–H and O–H groups in total. The maximum absolute atomic E-state index is 13.9. The zero-order chi connectivity index (χ0) is 28.0. The lowest BCUT2D eigenvalue weighted by Gasteiger charge is -2.30. The van der Waals surface area contributed by atoms with Crippen molar-refractivity contribution in [2.75, 3.05) is 19.1 Å². The zero-order valence-corrected chi connectivity index (χ0v) is 23.6. The van der Waals surface area contributed by atoms with Gasteiger partial charge in [-0.3, -0.25) is 14.4 Å². The van der Waals surface area contributed by atoms with E-state index in [2.05, 4.69) is 4.98 Å². The zero-order valence-electron chi connectivity index (χ0n) is 22.0. The van der Waals surface area contributed by atoms with Gasteiger partial charge in [0.25, 0.3) is 0 Å². The van der Waals surface area contributed by atoms with Crippen LogP contribution in [0.4, 0.5) is 5.69 Å². The fourth-order valence-electron chi connectivity index (χ4n) is 5.20. The SMILES string of the molecule is COc1ccc(N2C(=O)C3Sc4[nH]c(=O)sc4C(c4ccc(OCc5ccc(C)cc5)c(OC)c4)C3C2=O)cc1. The van der Waals surface area contributed by atoms with Gasteiger partial charge in [-0.2, -0.15) is 0 Å². The van der Waals surface area contributed by atoms with Gasteiger partial charge in [0.05, 0.1) is 30.9 Å². The number of fused-ring (bicyclic) bond motifs is 2. The number of thioether (sulfide) groups is 1. The highest BCUT2D eigenvalue weighted by Crippen LogP contribution is 2.53. The number of hydrogen-bond acceptors (Lipinski definition) is 8. The first kappa shape index (κ1) is 26.2. The second-order valence-corrected chi connectivity index (χ2v) is 11.8. The molecule has 8 nitrogen and oxygen atoms in total. The van der Waals surface area contributed by atoms with Crippen molar-refractivity contribution in [1.29, 1.82) is 0 Å². The van der Waals surface area contributed by atoms with Crippen molar-refractivity contribution in [2.24, 2.45) is 5.92 Å². The van der Waals surface area contributed by atoms with Crippen LogP contribution in [-0.2, 0) is 16.2 Å². The van der Waals surface area contributed by atoms with Crippen LogP contribution in [0.25, 0.3) is 0 Å². The van der Waals surface area contributed by atoms with Crippen molar-refractivity contribution in [1.82, 2.24) is 4.98 Å². The van der Waals surface area contributed by atoms with Crippen LogP contribution < -0.4 is 24.0 Å². The normalized spacial score (nSPS) is 19.8. The molecule has 2 aliphatic heterocycles. The molecule has 2 amide bonds. The van der Waals surface area contributed by atoms with E-state index in [1.54, 1.807) is 38.5 Å².